The average molecular weight is 401 g/mol. The summed E-state index contributed by atoms with van der Waals surface area (Å²) in [6.45, 7) is 0.467. The number of ether oxygens (including phenoxy) is 1. The fourth-order valence-corrected chi connectivity index (χ4v) is 4.67. The molecule has 1 aliphatic carbocycles. The highest BCUT2D eigenvalue weighted by Gasteiger charge is 2.47. The van der Waals surface area contributed by atoms with Gasteiger partial charge in [0.15, 0.2) is 0 Å². The van der Waals surface area contributed by atoms with Crippen molar-refractivity contribution in [2.24, 2.45) is 5.73 Å². The lowest BCUT2D eigenvalue weighted by atomic mass is 9.84. The third-order valence-corrected chi connectivity index (χ3v) is 6.26. The number of hydrogen-bond acceptors (Lipinski definition) is 5. The second-order valence-corrected chi connectivity index (χ2v) is 7.76. The van der Waals surface area contributed by atoms with Gasteiger partial charge in [-0.25, -0.2) is 4.98 Å². The number of methoxy groups -OCH3 is 1. The Hall–Kier alpha value is -3.09. The third-order valence-electron chi connectivity index (χ3n) is 5.69. The molecule has 2 aliphatic rings. The van der Waals surface area contributed by atoms with Crippen LogP contribution in [0.1, 0.15) is 17.0 Å². The van der Waals surface area contributed by atoms with Crippen LogP contribution in [0.15, 0.2) is 65.5 Å². The molecular formula is C23H19N3O2S. The lowest BCUT2D eigenvalue weighted by Gasteiger charge is -2.30. The van der Waals surface area contributed by atoms with E-state index in [0.29, 0.717) is 35.4 Å². The van der Waals surface area contributed by atoms with Crippen molar-refractivity contribution >= 4 is 33.6 Å². The minimum Gasteiger partial charge on any atom is -0.497 e. The Morgan fingerprint density at radius 3 is 2.83 bits per heavy atom. The van der Waals surface area contributed by atoms with Gasteiger partial charge in [0.25, 0.3) is 5.56 Å². The van der Waals surface area contributed by atoms with Crippen LogP contribution < -0.4 is 16.0 Å². The van der Waals surface area contributed by atoms with E-state index in [1.807, 2.05) is 48.6 Å². The number of thiocarbonyl (C=S) groups is 1. The van der Waals surface area contributed by atoms with Crippen LogP contribution >= 0.6 is 12.2 Å². The molecule has 6 heteroatoms. The van der Waals surface area contributed by atoms with Crippen LogP contribution in [-0.4, -0.2) is 21.5 Å². The van der Waals surface area contributed by atoms with Gasteiger partial charge >= 0.3 is 0 Å². The summed E-state index contributed by atoms with van der Waals surface area (Å²) in [5, 5.41) is 0.521. The number of rotatable bonds is 4. The van der Waals surface area contributed by atoms with Crippen molar-refractivity contribution in [2.75, 3.05) is 7.11 Å². The third kappa shape index (κ3) is 2.53. The number of nitrogens with two attached hydrogens (primary N) is 1. The topological polar surface area (TPSA) is 70.1 Å². The summed E-state index contributed by atoms with van der Waals surface area (Å²) >= 11 is 5.87. The minimum absolute atomic E-state index is 0.115. The fraction of sp³-hybridized carbons (Fsp3) is 0.174. The second kappa shape index (κ2) is 6.47. The molecule has 144 valence electrons. The van der Waals surface area contributed by atoms with Crippen molar-refractivity contribution in [1.29, 1.82) is 0 Å². The molecule has 0 radical (unpaired) electrons. The average Bonchev–Trinajstić information content (AvgIpc) is 2.86. The van der Waals surface area contributed by atoms with Gasteiger partial charge in [-0.2, -0.15) is 0 Å². The van der Waals surface area contributed by atoms with Gasteiger partial charge in [0.05, 0.1) is 22.9 Å². The Labute approximate surface area is 173 Å². The normalized spacial score (nSPS) is 19.4. The molecule has 0 saturated carbocycles. The molecule has 5 rings (SSSR count). The molecule has 0 saturated heterocycles. The molecule has 3 aromatic rings. The number of nitrogens with zero attached hydrogens (tertiary/aromatic N) is 2. The van der Waals surface area contributed by atoms with E-state index >= 15 is 0 Å². The van der Waals surface area contributed by atoms with E-state index in [4.69, 9.17) is 27.7 Å². The van der Waals surface area contributed by atoms with Crippen LogP contribution in [0.2, 0.25) is 0 Å². The van der Waals surface area contributed by atoms with E-state index in [0.717, 1.165) is 21.6 Å². The van der Waals surface area contributed by atoms with Crippen LogP contribution in [0.3, 0.4) is 0 Å². The molecule has 1 atom stereocenters. The fourth-order valence-electron chi connectivity index (χ4n) is 4.28. The summed E-state index contributed by atoms with van der Waals surface area (Å²) in [5.41, 5.74) is 8.56. The standard InChI is InChI=1S/C23H19N3O2S/c1-28-16-7-8-19-18(11-16)22(27)26-21(25-19)17-6-3-9-23(26,20(17)29)12-14-4-2-5-15(10-14)13-24/h2-11H,12-13,24H2,1H3. The van der Waals surface area contributed by atoms with Crippen molar-refractivity contribution in [2.45, 2.75) is 18.5 Å². The molecule has 1 unspecified atom stereocenters. The number of fused-ring (bicyclic) bond motifs is 6. The quantitative estimate of drug-likeness (QED) is 0.680. The number of benzene rings is 2. The first kappa shape index (κ1) is 18.0. The van der Waals surface area contributed by atoms with Gasteiger partial charge in [-0.05, 0) is 29.3 Å². The minimum atomic E-state index is -0.747. The predicted molar refractivity (Wildman–Crippen MR) is 118 cm³/mol. The molecule has 0 amide bonds. The highest BCUT2D eigenvalue weighted by atomic mass is 32.1. The van der Waals surface area contributed by atoms with Crippen molar-refractivity contribution in [1.82, 2.24) is 9.55 Å². The van der Waals surface area contributed by atoms with Gasteiger partial charge in [0.2, 0.25) is 0 Å². The van der Waals surface area contributed by atoms with E-state index < -0.39 is 5.54 Å². The predicted octanol–water partition coefficient (Wildman–Crippen LogP) is 3.14. The second-order valence-electron chi connectivity index (χ2n) is 7.35. The lowest BCUT2D eigenvalue weighted by molar-refractivity contribution is 0.415. The van der Waals surface area contributed by atoms with Crippen LogP contribution in [0, 0.1) is 0 Å². The largest absolute Gasteiger partial charge is 0.497 e. The van der Waals surface area contributed by atoms with Crippen molar-refractivity contribution in [3.8, 4) is 5.75 Å². The van der Waals surface area contributed by atoms with Crippen molar-refractivity contribution in [3.05, 3.63) is 88.0 Å². The maximum atomic E-state index is 13.6. The summed E-state index contributed by atoms with van der Waals surface area (Å²) in [5.74, 6) is 1.25. The van der Waals surface area contributed by atoms with E-state index in [9.17, 15) is 4.79 Å². The molecule has 2 N–H and O–H groups in total. The maximum Gasteiger partial charge on any atom is 0.262 e. The summed E-state index contributed by atoms with van der Waals surface area (Å²) in [7, 11) is 1.58. The Kier molecular flexibility index (Phi) is 4.01. The number of hydrogen-bond donors (Lipinski definition) is 1. The SMILES string of the molecule is COc1ccc2nc3n(c(=O)c2c1)C1(Cc2cccc(CN)c2)C=CC=C3C1=S. The van der Waals surface area contributed by atoms with Crippen LogP contribution in [0.5, 0.6) is 5.75 Å². The number of allylic oxidation sites excluding steroid dienone is 4. The van der Waals surface area contributed by atoms with Crippen molar-refractivity contribution in [3.63, 3.8) is 0 Å². The smallest absolute Gasteiger partial charge is 0.262 e. The Morgan fingerprint density at radius 1 is 1.21 bits per heavy atom. The molecule has 0 fully saturated rings. The van der Waals surface area contributed by atoms with E-state index in [-0.39, 0.29) is 5.56 Å². The molecule has 5 nitrogen and oxygen atoms in total. The van der Waals surface area contributed by atoms with Crippen LogP contribution in [0.25, 0.3) is 16.5 Å². The molecule has 2 bridgehead atoms. The van der Waals surface area contributed by atoms with E-state index in [2.05, 4.69) is 6.07 Å². The monoisotopic (exact) mass is 401 g/mol. The highest BCUT2D eigenvalue weighted by Crippen LogP contribution is 2.42. The zero-order chi connectivity index (χ0) is 20.2. The number of aromatic nitrogens is 2. The van der Waals surface area contributed by atoms with Gasteiger partial charge in [0.1, 0.15) is 17.1 Å². The van der Waals surface area contributed by atoms with Crippen LogP contribution in [0.4, 0.5) is 0 Å². The molecule has 1 aromatic heterocycles. The molecule has 2 heterocycles. The molecule has 29 heavy (non-hydrogen) atoms. The Morgan fingerprint density at radius 2 is 2.03 bits per heavy atom. The van der Waals surface area contributed by atoms with Gasteiger partial charge in [-0.1, -0.05) is 54.7 Å². The van der Waals surface area contributed by atoms with Gasteiger partial charge < -0.3 is 10.5 Å². The van der Waals surface area contributed by atoms with Crippen LogP contribution in [-0.2, 0) is 18.5 Å². The molecule has 1 aliphatic heterocycles. The molecular weight excluding hydrogens is 382 g/mol. The molecule has 0 spiro atoms. The summed E-state index contributed by atoms with van der Waals surface area (Å²) in [6.07, 6.45) is 6.49. The van der Waals surface area contributed by atoms with Crippen molar-refractivity contribution < 1.29 is 4.74 Å². The summed E-state index contributed by atoms with van der Waals surface area (Å²) in [6, 6.07) is 13.5. The van der Waals surface area contributed by atoms with E-state index in [1.165, 1.54) is 0 Å². The highest BCUT2D eigenvalue weighted by molar-refractivity contribution is 7.81. The zero-order valence-electron chi connectivity index (χ0n) is 15.9. The first-order valence-corrected chi connectivity index (χ1v) is 9.82. The summed E-state index contributed by atoms with van der Waals surface area (Å²) < 4.78 is 7.06. The lowest BCUT2D eigenvalue weighted by Crippen LogP contribution is -2.43. The van der Waals surface area contributed by atoms with Gasteiger partial charge in [0, 0.05) is 18.5 Å². The maximum absolute atomic E-state index is 13.6. The Balaban J connectivity index is 1.77. The van der Waals surface area contributed by atoms with Gasteiger partial charge in [-0.3, -0.25) is 9.36 Å². The first-order chi connectivity index (χ1) is 14.1. The summed E-state index contributed by atoms with van der Waals surface area (Å²) in [4.78, 5) is 19.1. The first-order valence-electron chi connectivity index (χ1n) is 9.41. The van der Waals surface area contributed by atoms with Gasteiger partial charge in [-0.15, -0.1) is 0 Å². The Bertz CT molecular complexity index is 1310. The molecule has 2 aromatic carbocycles. The van der Waals surface area contributed by atoms with E-state index in [1.54, 1.807) is 17.7 Å². The zero-order valence-corrected chi connectivity index (χ0v) is 16.7.